The molecule has 8 heteroatoms. The number of carbonyl (C=O) groups is 2. The van der Waals surface area contributed by atoms with Gasteiger partial charge in [0.15, 0.2) is 0 Å². The van der Waals surface area contributed by atoms with E-state index in [1.54, 1.807) is 22.8 Å². The fraction of sp³-hybridized carbons (Fsp3) is 0.278. The molecule has 0 saturated carbocycles. The Morgan fingerprint density at radius 2 is 1.73 bits per heavy atom. The van der Waals surface area contributed by atoms with Gasteiger partial charge in [-0.15, -0.1) is 0 Å². The number of aryl methyl sites for hydroxylation is 1. The van der Waals surface area contributed by atoms with E-state index in [1.165, 1.54) is 10.8 Å². The van der Waals surface area contributed by atoms with Crippen LogP contribution in [0.3, 0.4) is 0 Å². The van der Waals surface area contributed by atoms with Crippen molar-refractivity contribution in [3.8, 4) is 0 Å². The standard InChI is InChI=1S/C18H20N4O4/c1-2-21-14-7-3-4-8-15(14)22(18(21)25)12-17(24)20-11-16(23)19-10-13-6-5-9-26-13/h3-9H,2,10-12H2,1H3,(H,19,23)(H,20,24). The van der Waals surface area contributed by atoms with E-state index >= 15 is 0 Å². The van der Waals surface area contributed by atoms with Gasteiger partial charge in [-0.3, -0.25) is 18.7 Å². The van der Waals surface area contributed by atoms with Crippen molar-refractivity contribution >= 4 is 22.8 Å². The zero-order chi connectivity index (χ0) is 18.5. The van der Waals surface area contributed by atoms with E-state index in [4.69, 9.17) is 4.42 Å². The number of para-hydroxylation sites is 2. The molecule has 0 aliphatic heterocycles. The number of benzene rings is 1. The second-order valence-corrected chi connectivity index (χ2v) is 5.73. The van der Waals surface area contributed by atoms with Crippen LogP contribution in [0.15, 0.2) is 51.9 Å². The van der Waals surface area contributed by atoms with E-state index in [1.807, 2.05) is 25.1 Å². The molecular weight excluding hydrogens is 336 g/mol. The lowest BCUT2D eigenvalue weighted by Gasteiger charge is -2.07. The van der Waals surface area contributed by atoms with E-state index < -0.39 is 5.91 Å². The Kier molecular flexibility index (Phi) is 5.21. The van der Waals surface area contributed by atoms with Crippen molar-refractivity contribution in [2.24, 2.45) is 0 Å². The minimum absolute atomic E-state index is 0.141. The number of fused-ring (bicyclic) bond motifs is 1. The van der Waals surface area contributed by atoms with Gasteiger partial charge in [0.05, 0.1) is 30.4 Å². The van der Waals surface area contributed by atoms with Gasteiger partial charge < -0.3 is 15.1 Å². The molecule has 2 amide bonds. The molecule has 0 bridgehead atoms. The molecule has 0 aliphatic carbocycles. The van der Waals surface area contributed by atoms with Crippen LogP contribution in [0.1, 0.15) is 12.7 Å². The minimum atomic E-state index is -0.403. The second kappa shape index (κ2) is 7.73. The number of rotatable bonds is 7. The lowest BCUT2D eigenvalue weighted by molar-refractivity contribution is -0.126. The Bertz CT molecular complexity index is 969. The van der Waals surface area contributed by atoms with E-state index in [2.05, 4.69) is 10.6 Å². The third kappa shape index (κ3) is 3.69. The minimum Gasteiger partial charge on any atom is -0.467 e. The van der Waals surface area contributed by atoms with Crippen molar-refractivity contribution < 1.29 is 14.0 Å². The van der Waals surface area contributed by atoms with Crippen molar-refractivity contribution in [3.63, 3.8) is 0 Å². The van der Waals surface area contributed by atoms with Crippen molar-refractivity contribution in [1.29, 1.82) is 0 Å². The molecule has 0 spiro atoms. The van der Waals surface area contributed by atoms with Crippen LogP contribution >= 0.6 is 0 Å². The van der Waals surface area contributed by atoms with Gasteiger partial charge in [-0.25, -0.2) is 4.79 Å². The quantitative estimate of drug-likeness (QED) is 0.656. The molecule has 3 rings (SSSR count). The molecule has 0 atom stereocenters. The molecule has 0 fully saturated rings. The third-order valence-electron chi connectivity index (χ3n) is 4.03. The Labute approximate surface area is 149 Å². The number of nitrogens with one attached hydrogen (secondary N) is 2. The first-order valence-corrected chi connectivity index (χ1v) is 8.34. The molecule has 136 valence electrons. The van der Waals surface area contributed by atoms with Crippen LogP contribution < -0.4 is 16.3 Å². The first-order chi connectivity index (χ1) is 12.6. The molecule has 26 heavy (non-hydrogen) atoms. The monoisotopic (exact) mass is 356 g/mol. The molecule has 8 nitrogen and oxygen atoms in total. The maximum absolute atomic E-state index is 12.5. The zero-order valence-corrected chi connectivity index (χ0v) is 14.4. The number of imidazole rings is 1. The third-order valence-corrected chi connectivity index (χ3v) is 4.03. The summed E-state index contributed by atoms with van der Waals surface area (Å²) in [5.41, 5.74) is 1.23. The topological polar surface area (TPSA) is 98.3 Å². The second-order valence-electron chi connectivity index (χ2n) is 5.73. The van der Waals surface area contributed by atoms with Gasteiger partial charge in [0.25, 0.3) is 0 Å². The van der Waals surface area contributed by atoms with Gasteiger partial charge in [0.1, 0.15) is 12.3 Å². The van der Waals surface area contributed by atoms with Crippen LogP contribution in [0.2, 0.25) is 0 Å². The summed E-state index contributed by atoms with van der Waals surface area (Å²) in [4.78, 5) is 36.4. The van der Waals surface area contributed by atoms with Crippen LogP contribution in [-0.2, 0) is 29.2 Å². The van der Waals surface area contributed by atoms with Crippen molar-refractivity contribution in [3.05, 3.63) is 58.9 Å². The summed E-state index contributed by atoms with van der Waals surface area (Å²) in [5, 5.41) is 5.17. The Hall–Kier alpha value is -3.29. The number of nitrogens with zero attached hydrogens (tertiary/aromatic N) is 2. The normalized spacial score (nSPS) is 10.8. The van der Waals surface area contributed by atoms with Crippen molar-refractivity contribution in [1.82, 2.24) is 19.8 Å². The summed E-state index contributed by atoms with van der Waals surface area (Å²) in [5.74, 6) is -0.110. The first kappa shape index (κ1) is 17.5. The smallest absolute Gasteiger partial charge is 0.329 e. The Balaban J connectivity index is 1.60. The summed E-state index contributed by atoms with van der Waals surface area (Å²) >= 11 is 0. The highest BCUT2D eigenvalue weighted by atomic mass is 16.3. The fourth-order valence-corrected chi connectivity index (χ4v) is 2.77. The predicted octanol–water partition coefficient (Wildman–Crippen LogP) is 0.849. The van der Waals surface area contributed by atoms with Gasteiger partial charge in [-0.2, -0.15) is 0 Å². The van der Waals surface area contributed by atoms with Crippen molar-refractivity contribution in [2.45, 2.75) is 26.6 Å². The number of aromatic nitrogens is 2. The highest BCUT2D eigenvalue weighted by Crippen LogP contribution is 2.12. The van der Waals surface area contributed by atoms with Gasteiger partial charge >= 0.3 is 5.69 Å². The van der Waals surface area contributed by atoms with Crippen LogP contribution in [0.5, 0.6) is 0 Å². The average Bonchev–Trinajstić information content (AvgIpc) is 3.25. The predicted molar refractivity (Wildman–Crippen MR) is 95.4 cm³/mol. The Morgan fingerprint density at radius 3 is 2.38 bits per heavy atom. The summed E-state index contributed by atoms with van der Waals surface area (Å²) in [6.45, 7) is 2.34. The molecule has 2 aromatic heterocycles. The maximum Gasteiger partial charge on any atom is 0.329 e. The van der Waals surface area contributed by atoms with Gasteiger partial charge in [0, 0.05) is 6.54 Å². The molecule has 0 saturated heterocycles. The van der Waals surface area contributed by atoms with Crippen LogP contribution in [-0.4, -0.2) is 27.5 Å². The number of carbonyl (C=O) groups excluding carboxylic acids is 2. The van der Waals surface area contributed by atoms with Crippen LogP contribution in [0.25, 0.3) is 11.0 Å². The largest absolute Gasteiger partial charge is 0.467 e. The van der Waals surface area contributed by atoms with E-state index in [9.17, 15) is 14.4 Å². The van der Waals surface area contributed by atoms with Crippen LogP contribution in [0.4, 0.5) is 0 Å². The molecule has 3 aromatic rings. The molecule has 1 aromatic carbocycles. The van der Waals surface area contributed by atoms with E-state index in [0.717, 1.165) is 5.52 Å². The number of hydrogen-bond donors (Lipinski definition) is 2. The average molecular weight is 356 g/mol. The van der Waals surface area contributed by atoms with E-state index in [-0.39, 0.29) is 31.2 Å². The number of amides is 2. The first-order valence-electron chi connectivity index (χ1n) is 8.34. The molecule has 0 radical (unpaired) electrons. The summed E-state index contributed by atoms with van der Waals surface area (Å²) in [7, 11) is 0. The lowest BCUT2D eigenvalue weighted by atomic mass is 10.3. The number of furan rings is 1. The molecule has 2 N–H and O–H groups in total. The van der Waals surface area contributed by atoms with Crippen molar-refractivity contribution in [2.75, 3.05) is 6.54 Å². The summed E-state index contributed by atoms with van der Waals surface area (Å²) in [6, 6.07) is 10.8. The van der Waals surface area contributed by atoms with Gasteiger partial charge in [0.2, 0.25) is 11.8 Å². The highest BCUT2D eigenvalue weighted by Gasteiger charge is 2.14. The SMILES string of the molecule is CCn1c(=O)n(CC(=O)NCC(=O)NCc2ccco2)c2ccccc21. The molecule has 0 unspecified atom stereocenters. The lowest BCUT2D eigenvalue weighted by Crippen LogP contribution is -2.39. The van der Waals surface area contributed by atoms with Crippen LogP contribution in [0, 0.1) is 0 Å². The molecule has 2 heterocycles. The fourth-order valence-electron chi connectivity index (χ4n) is 2.77. The van der Waals surface area contributed by atoms with E-state index in [0.29, 0.717) is 17.8 Å². The zero-order valence-electron chi connectivity index (χ0n) is 14.4. The maximum atomic E-state index is 12.5. The molecule has 0 aliphatic rings. The van der Waals surface area contributed by atoms with Gasteiger partial charge in [-0.1, -0.05) is 12.1 Å². The summed E-state index contributed by atoms with van der Waals surface area (Å²) in [6.07, 6.45) is 1.52. The summed E-state index contributed by atoms with van der Waals surface area (Å²) < 4.78 is 8.13. The number of hydrogen-bond acceptors (Lipinski definition) is 4. The van der Waals surface area contributed by atoms with Gasteiger partial charge in [-0.05, 0) is 31.2 Å². The molecular formula is C18H20N4O4. The Morgan fingerprint density at radius 1 is 1.00 bits per heavy atom. The highest BCUT2D eigenvalue weighted by molar-refractivity contribution is 5.85.